The second-order valence-electron chi connectivity index (χ2n) is 5.24. The number of rotatable bonds is 6. The van der Waals surface area contributed by atoms with Crippen LogP contribution < -0.4 is 10.9 Å². The van der Waals surface area contributed by atoms with E-state index in [1.54, 1.807) is 12.3 Å². The molecule has 1 amide bonds. The van der Waals surface area contributed by atoms with Crippen LogP contribution in [0.3, 0.4) is 0 Å². The Balaban J connectivity index is 2.11. The van der Waals surface area contributed by atoms with Crippen LogP contribution in [0.2, 0.25) is 5.02 Å². The minimum Gasteiger partial charge on any atom is -0.321 e. The number of carbonyl (C=O) groups is 1. The van der Waals surface area contributed by atoms with E-state index in [1.165, 1.54) is 41.0 Å². The van der Waals surface area contributed by atoms with Gasteiger partial charge in [-0.1, -0.05) is 24.6 Å². The first kappa shape index (κ1) is 18.4. The topological polar surface area (TPSA) is 94.2 Å². The van der Waals surface area contributed by atoms with Gasteiger partial charge < -0.3 is 9.88 Å². The third kappa shape index (κ3) is 5.02. The molecule has 0 radical (unpaired) electrons. The summed E-state index contributed by atoms with van der Waals surface area (Å²) in [6.45, 7) is 2.51. The number of nitro benzene ring substituents is 1. The molecular weight excluding hydrogens is 346 g/mol. The molecule has 2 rings (SSSR count). The van der Waals surface area contributed by atoms with Gasteiger partial charge >= 0.3 is 0 Å². The fourth-order valence-corrected chi connectivity index (χ4v) is 2.34. The number of hydrogen-bond donors (Lipinski definition) is 1. The van der Waals surface area contributed by atoms with Crippen LogP contribution in [0.15, 0.2) is 47.4 Å². The van der Waals surface area contributed by atoms with Crippen molar-refractivity contribution in [2.45, 2.75) is 19.9 Å². The minimum absolute atomic E-state index is 0.0322. The highest BCUT2D eigenvalue weighted by atomic mass is 35.5. The van der Waals surface area contributed by atoms with Crippen LogP contribution >= 0.6 is 11.6 Å². The number of pyridine rings is 1. The van der Waals surface area contributed by atoms with Crippen molar-refractivity contribution in [3.8, 4) is 0 Å². The van der Waals surface area contributed by atoms with Crippen molar-refractivity contribution >= 4 is 35.0 Å². The molecule has 25 heavy (non-hydrogen) atoms. The normalized spacial score (nSPS) is 10.8. The van der Waals surface area contributed by atoms with Crippen LogP contribution in [0.4, 0.5) is 11.4 Å². The number of nitro groups is 1. The molecule has 0 saturated carbocycles. The van der Waals surface area contributed by atoms with Crippen LogP contribution in [0, 0.1) is 10.1 Å². The molecule has 2 aromatic rings. The summed E-state index contributed by atoms with van der Waals surface area (Å²) in [5.74, 6) is -0.417. The molecule has 1 N–H and O–H groups in total. The molecule has 0 atom stereocenters. The van der Waals surface area contributed by atoms with E-state index in [2.05, 4.69) is 5.32 Å². The Labute approximate surface area is 148 Å². The van der Waals surface area contributed by atoms with Crippen molar-refractivity contribution in [1.82, 2.24) is 4.57 Å². The Kier molecular flexibility index (Phi) is 6.08. The smallest absolute Gasteiger partial charge is 0.288 e. The number of benzene rings is 1. The number of anilines is 1. The molecule has 0 fully saturated rings. The van der Waals surface area contributed by atoms with E-state index in [9.17, 15) is 19.7 Å². The molecule has 8 heteroatoms. The lowest BCUT2D eigenvalue weighted by Gasteiger charge is -2.07. The first-order valence-electron chi connectivity index (χ1n) is 7.54. The van der Waals surface area contributed by atoms with Gasteiger partial charge in [0.1, 0.15) is 5.02 Å². The van der Waals surface area contributed by atoms with Gasteiger partial charge in [-0.2, -0.15) is 0 Å². The first-order valence-corrected chi connectivity index (χ1v) is 7.92. The average molecular weight is 362 g/mol. The largest absolute Gasteiger partial charge is 0.321 e. The zero-order chi connectivity index (χ0) is 18.4. The van der Waals surface area contributed by atoms with Crippen molar-refractivity contribution in [2.75, 3.05) is 5.32 Å². The number of nitrogens with one attached hydrogen (secondary N) is 1. The van der Waals surface area contributed by atoms with E-state index < -0.39 is 10.8 Å². The second kappa shape index (κ2) is 8.25. The Morgan fingerprint density at radius 2 is 2.12 bits per heavy atom. The van der Waals surface area contributed by atoms with Crippen molar-refractivity contribution < 1.29 is 9.72 Å². The third-order valence-electron chi connectivity index (χ3n) is 3.31. The third-order valence-corrected chi connectivity index (χ3v) is 3.63. The lowest BCUT2D eigenvalue weighted by Crippen LogP contribution is -2.19. The molecule has 0 spiro atoms. The molecule has 1 aromatic heterocycles. The Morgan fingerprint density at radius 1 is 1.36 bits per heavy atom. The maximum atomic E-state index is 12.0. The van der Waals surface area contributed by atoms with Crippen LogP contribution in [0.5, 0.6) is 0 Å². The van der Waals surface area contributed by atoms with Gasteiger partial charge in [0.25, 0.3) is 11.2 Å². The predicted octanol–water partition coefficient (Wildman–Crippen LogP) is 3.47. The molecular formula is C17H16ClN3O4. The summed E-state index contributed by atoms with van der Waals surface area (Å²) in [6.07, 6.45) is 5.07. The quantitative estimate of drug-likeness (QED) is 0.484. The summed E-state index contributed by atoms with van der Waals surface area (Å²) < 4.78 is 1.52. The highest BCUT2D eigenvalue weighted by Crippen LogP contribution is 2.25. The molecule has 130 valence electrons. The van der Waals surface area contributed by atoms with Crippen LogP contribution in [0.1, 0.15) is 18.9 Å². The molecule has 0 aliphatic carbocycles. The summed E-state index contributed by atoms with van der Waals surface area (Å²) in [6, 6.07) is 7.16. The molecule has 0 unspecified atom stereocenters. The SMILES string of the molecule is CCCn1cc(NC(=O)/C=C/c2ccc(Cl)c([N+](=O)[O-])c2)ccc1=O. The van der Waals surface area contributed by atoms with E-state index in [0.29, 0.717) is 17.8 Å². The van der Waals surface area contributed by atoms with Crippen LogP contribution in [-0.4, -0.2) is 15.4 Å². The summed E-state index contributed by atoms with van der Waals surface area (Å²) in [5, 5.41) is 13.5. The van der Waals surface area contributed by atoms with Crippen molar-refractivity contribution in [2.24, 2.45) is 0 Å². The molecule has 7 nitrogen and oxygen atoms in total. The first-order chi connectivity index (χ1) is 11.9. The zero-order valence-corrected chi connectivity index (χ0v) is 14.2. The van der Waals surface area contributed by atoms with Gasteiger partial charge in [-0.25, -0.2) is 0 Å². The standard InChI is InChI=1S/C17H16ClN3O4/c1-2-9-20-11-13(5-8-17(20)23)19-16(22)7-4-12-3-6-14(18)15(10-12)21(24)25/h3-8,10-11H,2,9H2,1H3,(H,19,22)/b7-4+. The average Bonchev–Trinajstić information content (AvgIpc) is 2.57. The lowest BCUT2D eigenvalue weighted by molar-refractivity contribution is -0.384. The van der Waals surface area contributed by atoms with Gasteiger partial charge in [-0.15, -0.1) is 0 Å². The van der Waals surface area contributed by atoms with Crippen molar-refractivity contribution in [3.05, 3.63) is 73.7 Å². The minimum atomic E-state index is -0.587. The van der Waals surface area contributed by atoms with Gasteiger partial charge in [0.15, 0.2) is 0 Å². The molecule has 0 aliphatic heterocycles. The molecule has 0 bridgehead atoms. The van der Waals surface area contributed by atoms with Gasteiger partial charge in [-0.3, -0.25) is 19.7 Å². The fraction of sp³-hybridized carbons (Fsp3) is 0.176. The molecule has 1 heterocycles. The maximum absolute atomic E-state index is 12.0. The van der Waals surface area contributed by atoms with Crippen LogP contribution in [-0.2, 0) is 11.3 Å². The van der Waals surface area contributed by atoms with E-state index in [-0.39, 0.29) is 16.3 Å². The number of carbonyl (C=O) groups excluding carboxylic acids is 1. The van der Waals surface area contributed by atoms with E-state index in [4.69, 9.17) is 11.6 Å². The monoisotopic (exact) mass is 361 g/mol. The number of aryl methyl sites for hydroxylation is 1. The van der Waals surface area contributed by atoms with Crippen LogP contribution in [0.25, 0.3) is 6.08 Å². The Morgan fingerprint density at radius 3 is 2.80 bits per heavy atom. The van der Waals surface area contributed by atoms with E-state index >= 15 is 0 Å². The van der Waals surface area contributed by atoms with E-state index in [1.807, 2.05) is 6.92 Å². The van der Waals surface area contributed by atoms with Gasteiger partial charge in [0.05, 0.1) is 10.6 Å². The Hall–Kier alpha value is -2.93. The number of nitrogens with zero attached hydrogens (tertiary/aromatic N) is 2. The van der Waals surface area contributed by atoms with Gasteiger partial charge in [0.2, 0.25) is 5.91 Å². The molecule has 1 aromatic carbocycles. The molecule has 0 aliphatic rings. The molecule has 0 saturated heterocycles. The number of halogens is 1. The fourth-order valence-electron chi connectivity index (χ4n) is 2.15. The number of hydrogen-bond acceptors (Lipinski definition) is 4. The zero-order valence-electron chi connectivity index (χ0n) is 13.4. The maximum Gasteiger partial charge on any atom is 0.288 e. The Bertz CT molecular complexity index is 890. The van der Waals surface area contributed by atoms with Gasteiger partial charge in [0, 0.05) is 31.0 Å². The van der Waals surface area contributed by atoms with Gasteiger partial charge in [-0.05, 0) is 30.2 Å². The summed E-state index contributed by atoms with van der Waals surface area (Å²) in [7, 11) is 0. The van der Waals surface area contributed by atoms with Crippen molar-refractivity contribution in [3.63, 3.8) is 0 Å². The van der Waals surface area contributed by atoms with Crippen molar-refractivity contribution in [1.29, 1.82) is 0 Å². The number of aromatic nitrogens is 1. The second-order valence-corrected chi connectivity index (χ2v) is 5.65. The van der Waals surface area contributed by atoms with E-state index in [0.717, 1.165) is 6.42 Å². The summed E-state index contributed by atoms with van der Waals surface area (Å²) in [5.41, 5.74) is 0.603. The lowest BCUT2D eigenvalue weighted by atomic mass is 10.2. The number of amides is 1. The highest BCUT2D eigenvalue weighted by molar-refractivity contribution is 6.32. The highest BCUT2D eigenvalue weighted by Gasteiger charge is 2.11. The summed E-state index contributed by atoms with van der Waals surface area (Å²) in [4.78, 5) is 33.9. The summed E-state index contributed by atoms with van der Waals surface area (Å²) >= 11 is 5.74. The predicted molar refractivity (Wildman–Crippen MR) is 96.8 cm³/mol.